The van der Waals surface area contributed by atoms with Gasteiger partial charge in [-0.3, -0.25) is 4.79 Å². The van der Waals surface area contributed by atoms with Crippen LogP contribution in [0, 0.1) is 0 Å². The van der Waals surface area contributed by atoms with E-state index in [9.17, 15) is 18.0 Å². The molecule has 0 saturated carbocycles. The van der Waals surface area contributed by atoms with Crippen molar-refractivity contribution < 1.29 is 22.7 Å². The minimum Gasteiger partial charge on any atom is -0.459 e. The molecule has 2 N–H and O–H groups in total. The first-order valence-electron chi connectivity index (χ1n) is 5.50. The number of ketones is 1. The molecule has 0 amide bonds. The molecule has 1 aromatic rings. The van der Waals surface area contributed by atoms with Gasteiger partial charge in [0.05, 0.1) is 5.75 Å². The molecule has 0 aliphatic rings. The van der Waals surface area contributed by atoms with Gasteiger partial charge in [-0.1, -0.05) is 30.3 Å². The predicted octanol–water partition coefficient (Wildman–Crippen LogP) is -0.157. The third-order valence-electron chi connectivity index (χ3n) is 2.33. The maximum atomic E-state index is 11.7. The zero-order valence-corrected chi connectivity index (χ0v) is 11.2. The van der Waals surface area contributed by atoms with Crippen molar-refractivity contribution >= 4 is 21.6 Å². The average molecular weight is 285 g/mol. The highest BCUT2D eigenvalue weighted by atomic mass is 32.2. The summed E-state index contributed by atoms with van der Waals surface area (Å²) in [5.41, 5.74) is 6.12. The molecule has 1 rings (SSSR count). The van der Waals surface area contributed by atoms with E-state index < -0.39 is 27.6 Å². The molecule has 0 bridgehead atoms. The molecule has 1 aromatic carbocycles. The van der Waals surface area contributed by atoms with Crippen molar-refractivity contribution in [1.29, 1.82) is 0 Å². The Morgan fingerprint density at radius 2 is 1.84 bits per heavy atom. The van der Waals surface area contributed by atoms with Crippen LogP contribution >= 0.6 is 0 Å². The Balaban J connectivity index is 2.56. The number of rotatable bonds is 6. The highest BCUT2D eigenvalue weighted by Gasteiger charge is 2.24. The summed E-state index contributed by atoms with van der Waals surface area (Å²) in [6, 6.07) is 7.27. The maximum absolute atomic E-state index is 11.7. The number of benzene rings is 1. The molecule has 0 saturated heterocycles. The quantitative estimate of drug-likeness (QED) is 0.575. The normalized spacial score (nSPS) is 12.7. The summed E-state index contributed by atoms with van der Waals surface area (Å²) < 4.78 is 26.2. The van der Waals surface area contributed by atoms with Crippen molar-refractivity contribution in [2.75, 3.05) is 18.6 Å². The fraction of sp³-hybridized carbons (Fsp3) is 0.333. The van der Waals surface area contributed by atoms with Crippen molar-refractivity contribution in [3.63, 3.8) is 0 Å². The van der Waals surface area contributed by atoms with Crippen LogP contribution in [0.5, 0.6) is 0 Å². The van der Waals surface area contributed by atoms with Crippen LogP contribution in [-0.2, 0) is 24.2 Å². The van der Waals surface area contributed by atoms with E-state index in [0.29, 0.717) is 5.56 Å². The standard InChI is InChI=1S/C12H15NO5S/c1-19(16,17)8-7-18-12(15)11(14)10(13)9-5-3-2-4-6-9/h2-6,10H,7-8,13H2,1H3. The lowest BCUT2D eigenvalue weighted by atomic mass is 10.0. The van der Waals surface area contributed by atoms with Crippen molar-refractivity contribution in [3.05, 3.63) is 35.9 Å². The Labute approximate surface area is 111 Å². The van der Waals surface area contributed by atoms with E-state index in [-0.39, 0.29) is 12.4 Å². The van der Waals surface area contributed by atoms with Gasteiger partial charge in [0.15, 0.2) is 9.84 Å². The number of carbonyl (C=O) groups excluding carboxylic acids is 2. The van der Waals surface area contributed by atoms with Crippen LogP contribution in [0.25, 0.3) is 0 Å². The number of Topliss-reactive ketones (excluding diaryl/α,β-unsaturated/α-hetero) is 1. The van der Waals surface area contributed by atoms with E-state index in [4.69, 9.17) is 5.73 Å². The average Bonchev–Trinajstić information content (AvgIpc) is 2.36. The lowest BCUT2D eigenvalue weighted by molar-refractivity contribution is -0.154. The second-order valence-corrected chi connectivity index (χ2v) is 6.28. The van der Waals surface area contributed by atoms with Crippen LogP contribution < -0.4 is 5.73 Å². The molecule has 7 heteroatoms. The number of hydrogen-bond acceptors (Lipinski definition) is 6. The van der Waals surface area contributed by atoms with E-state index in [0.717, 1.165) is 6.26 Å². The Morgan fingerprint density at radius 3 is 2.37 bits per heavy atom. The largest absolute Gasteiger partial charge is 0.459 e. The van der Waals surface area contributed by atoms with Crippen LogP contribution in [0.1, 0.15) is 11.6 Å². The zero-order chi connectivity index (χ0) is 14.5. The van der Waals surface area contributed by atoms with E-state index in [2.05, 4.69) is 4.74 Å². The Morgan fingerprint density at radius 1 is 1.26 bits per heavy atom. The second-order valence-electron chi connectivity index (χ2n) is 4.02. The van der Waals surface area contributed by atoms with Gasteiger partial charge in [0.1, 0.15) is 12.6 Å². The van der Waals surface area contributed by atoms with Crippen molar-refractivity contribution in [1.82, 2.24) is 0 Å². The lowest BCUT2D eigenvalue weighted by Gasteiger charge is -2.10. The van der Waals surface area contributed by atoms with Gasteiger partial charge in [-0.15, -0.1) is 0 Å². The Bertz CT molecular complexity index is 553. The predicted molar refractivity (Wildman–Crippen MR) is 69.0 cm³/mol. The lowest BCUT2D eigenvalue weighted by Crippen LogP contribution is -2.31. The molecule has 6 nitrogen and oxygen atoms in total. The molecule has 0 fully saturated rings. The molecule has 104 valence electrons. The van der Waals surface area contributed by atoms with Gasteiger partial charge in [-0.2, -0.15) is 0 Å². The molecule has 0 aromatic heterocycles. The van der Waals surface area contributed by atoms with Crippen molar-refractivity contribution in [3.8, 4) is 0 Å². The Kier molecular flexibility index (Phi) is 5.20. The third kappa shape index (κ3) is 5.19. The Hall–Kier alpha value is -1.73. The van der Waals surface area contributed by atoms with Crippen molar-refractivity contribution in [2.45, 2.75) is 6.04 Å². The summed E-state index contributed by atoms with van der Waals surface area (Å²) in [6.07, 6.45) is 1.01. The molecule has 1 atom stereocenters. The summed E-state index contributed by atoms with van der Waals surface area (Å²) in [5, 5.41) is 0. The SMILES string of the molecule is CS(=O)(=O)CCOC(=O)C(=O)C(N)c1ccccc1. The third-order valence-corrected chi connectivity index (χ3v) is 3.24. The number of hydrogen-bond donors (Lipinski definition) is 1. The van der Waals surface area contributed by atoms with Crippen LogP contribution in [-0.4, -0.2) is 38.8 Å². The molecule has 19 heavy (non-hydrogen) atoms. The summed E-state index contributed by atoms with van der Waals surface area (Å²) in [4.78, 5) is 23.0. The van der Waals surface area contributed by atoms with Crippen LogP contribution in [0.3, 0.4) is 0 Å². The molecular formula is C12H15NO5S. The molecule has 1 unspecified atom stereocenters. The van der Waals surface area contributed by atoms with Crippen molar-refractivity contribution in [2.24, 2.45) is 5.73 Å². The minimum atomic E-state index is -3.24. The topological polar surface area (TPSA) is 104 Å². The van der Waals surface area contributed by atoms with Crippen LogP contribution in [0.15, 0.2) is 30.3 Å². The number of nitrogens with two attached hydrogens (primary N) is 1. The van der Waals surface area contributed by atoms with Crippen LogP contribution in [0.2, 0.25) is 0 Å². The fourth-order valence-corrected chi connectivity index (χ4v) is 1.68. The van der Waals surface area contributed by atoms with Gasteiger partial charge in [-0.25, -0.2) is 13.2 Å². The zero-order valence-electron chi connectivity index (χ0n) is 10.4. The monoisotopic (exact) mass is 285 g/mol. The number of esters is 1. The fourth-order valence-electron chi connectivity index (χ4n) is 1.30. The van der Waals surface area contributed by atoms with E-state index in [1.807, 2.05) is 0 Å². The van der Waals surface area contributed by atoms with Gasteiger partial charge in [0, 0.05) is 6.26 Å². The van der Waals surface area contributed by atoms with E-state index in [1.165, 1.54) is 0 Å². The highest BCUT2D eigenvalue weighted by Crippen LogP contribution is 2.11. The van der Waals surface area contributed by atoms with Gasteiger partial charge >= 0.3 is 5.97 Å². The minimum absolute atomic E-state index is 0.327. The van der Waals surface area contributed by atoms with E-state index in [1.54, 1.807) is 30.3 Å². The van der Waals surface area contributed by atoms with Gasteiger partial charge in [0.2, 0.25) is 0 Å². The summed E-state index contributed by atoms with van der Waals surface area (Å²) in [6.45, 7) is -0.356. The molecule has 0 heterocycles. The summed E-state index contributed by atoms with van der Waals surface area (Å²) in [5.74, 6) is -2.35. The van der Waals surface area contributed by atoms with Gasteiger partial charge in [0.25, 0.3) is 5.78 Å². The maximum Gasteiger partial charge on any atom is 0.376 e. The van der Waals surface area contributed by atoms with Crippen LogP contribution in [0.4, 0.5) is 0 Å². The highest BCUT2D eigenvalue weighted by molar-refractivity contribution is 7.90. The van der Waals surface area contributed by atoms with Gasteiger partial charge in [-0.05, 0) is 5.56 Å². The summed E-state index contributed by atoms with van der Waals surface area (Å²) >= 11 is 0. The van der Waals surface area contributed by atoms with Gasteiger partial charge < -0.3 is 10.5 Å². The number of sulfone groups is 1. The molecule has 0 aliphatic heterocycles. The molecule has 0 radical (unpaired) electrons. The molecule has 0 spiro atoms. The first-order chi connectivity index (χ1) is 8.81. The first kappa shape index (κ1) is 15.3. The smallest absolute Gasteiger partial charge is 0.376 e. The number of ether oxygens (including phenoxy) is 1. The number of carbonyl (C=O) groups is 2. The summed E-state index contributed by atoms with van der Waals surface area (Å²) in [7, 11) is -3.24. The molecule has 0 aliphatic carbocycles. The van der Waals surface area contributed by atoms with E-state index >= 15 is 0 Å². The second kappa shape index (κ2) is 6.44. The molecular weight excluding hydrogens is 270 g/mol. The first-order valence-corrected chi connectivity index (χ1v) is 7.56.